The molecule has 0 aliphatic carbocycles. The van der Waals surface area contributed by atoms with Gasteiger partial charge in [0.1, 0.15) is 5.82 Å². The first-order valence-corrected chi connectivity index (χ1v) is 9.74. The summed E-state index contributed by atoms with van der Waals surface area (Å²) in [6.07, 6.45) is 3.49. The van der Waals surface area contributed by atoms with Crippen molar-refractivity contribution in [1.82, 2.24) is 10.6 Å². The van der Waals surface area contributed by atoms with Crippen LogP contribution in [0.4, 0.5) is 10.1 Å². The van der Waals surface area contributed by atoms with E-state index < -0.39 is 0 Å². The maximum atomic E-state index is 12.9. The van der Waals surface area contributed by atoms with Crippen molar-refractivity contribution in [3.63, 3.8) is 0 Å². The van der Waals surface area contributed by atoms with Crippen molar-refractivity contribution in [2.45, 2.75) is 32.2 Å². The molecule has 0 bridgehead atoms. The predicted molar refractivity (Wildman–Crippen MR) is 126 cm³/mol. The number of piperidine rings is 1. The Bertz CT molecular complexity index is 809. The van der Waals surface area contributed by atoms with Gasteiger partial charge in [0, 0.05) is 38.8 Å². The lowest BCUT2D eigenvalue weighted by molar-refractivity contribution is -0.119. The largest absolute Gasteiger partial charge is 0.356 e. The van der Waals surface area contributed by atoms with Crippen molar-refractivity contribution in [2.24, 2.45) is 4.99 Å². The molecule has 29 heavy (non-hydrogen) atoms. The summed E-state index contributed by atoms with van der Waals surface area (Å²) < 4.78 is 12.9. The molecule has 0 radical (unpaired) electrons. The number of nitrogens with zero attached hydrogens (tertiary/aromatic N) is 2. The van der Waals surface area contributed by atoms with Gasteiger partial charge in [0.15, 0.2) is 5.96 Å². The number of hydrogen-bond acceptors (Lipinski definition) is 2. The number of anilines is 1. The van der Waals surface area contributed by atoms with Gasteiger partial charge in [-0.15, -0.1) is 24.0 Å². The Kier molecular flexibility index (Phi) is 9.37. The third kappa shape index (κ3) is 6.99. The molecule has 0 saturated carbocycles. The summed E-state index contributed by atoms with van der Waals surface area (Å²) >= 11 is 0. The number of hydrogen-bond donors (Lipinski definition) is 2. The zero-order valence-electron chi connectivity index (χ0n) is 16.7. The summed E-state index contributed by atoms with van der Waals surface area (Å²) in [6.45, 7) is 2.16. The molecule has 1 heterocycles. The third-order valence-electron chi connectivity index (χ3n) is 4.87. The zero-order valence-corrected chi connectivity index (χ0v) is 19.0. The molecule has 1 amide bonds. The van der Waals surface area contributed by atoms with E-state index in [4.69, 9.17) is 0 Å². The highest BCUT2D eigenvalue weighted by Gasteiger charge is 2.19. The molecule has 5 nitrogen and oxygen atoms in total. The lowest BCUT2D eigenvalue weighted by Gasteiger charge is -2.26. The molecule has 3 rings (SSSR count). The Morgan fingerprint density at radius 1 is 1.03 bits per heavy atom. The van der Waals surface area contributed by atoms with Crippen LogP contribution in [0, 0.1) is 5.82 Å². The summed E-state index contributed by atoms with van der Waals surface area (Å²) in [5, 5.41) is 6.55. The summed E-state index contributed by atoms with van der Waals surface area (Å²) in [6, 6.07) is 14.6. The number of guanidine groups is 1. The summed E-state index contributed by atoms with van der Waals surface area (Å²) in [4.78, 5) is 18.1. The van der Waals surface area contributed by atoms with Gasteiger partial charge in [-0.1, -0.05) is 24.3 Å². The SMILES string of the molecule is CN=C(NCCc1ccc(F)cc1)NCc1ccc(N2CCCCC2=O)cc1.I. The van der Waals surface area contributed by atoms with Gasteiger partial charge < -0.3 is 15.5 Å². The fourth-order valence-corrected chi connectivity index (χ4v) is 3.26. The molecule has 2 aromatic rings. The minimum absolute atomic E-state index is 0. The van der Waals surface area contributed by atoms with Gasteiger partial charge in [-0.25, -0.2) is 4.39 Å². The van der Waals surface area contributed by atoms with Gasteiger partial charge in [0.25, 0.3) is 0 Å². The van der Waals surface area contributed by atoms with E-state index in [9.17, 15) is 9.18 Å². The van der Waals surface area contributed by atoms with Crippen molar-refractivity contribution >= 4 is 41.5 Å². The van der Waals surface area contributed by atoms with Crippen LogP contribution in [-0.2, 0) is 17.8 Å². The molecule has 1 aliphatic rings. The fourth-order valence-electron chi connectivity index (χ4n) is 3.26. The van der Waals surface area contributed by atoms with Crippen molar-refractivity contribution in [3.8, 4) is 0 Å². The van der Waals surface area contributed by atoms with Gasteiger partial charge in [-0.05, 0) is 54.7 Å². The Morgan fingerprint density at radius 2 is 1.72 bits per heavy atom. The van der Waals surface area contributed by atoms with E-state index in [-0.39, 0.29) is 35.7 Å². The number of nitrogens with one attached hydrogen (secondary N) is 2. The quantitative estimate of drug-likeness (QED) is 0.353. The first kappa shape index (κ1) is 23.1. The lowest BCUT2D eigenvalue weighted by Crippen LogP contribution is -2.38. The van der Waals surface area contributed by atoms with Crippen LogP contribution in [0.15, 0.2) is 53.5 Å². The predicted octanol–water partition coefficient (Wildman–Crippen LogP) is 3.87. The molecule has 0 unspecified atom stereocenters. The number of carbonyl (C=O) groups is 1. The highest BCUT2D eigenvalue weighted by molar-refractivity contribution is 14.0. The van der Waals surface area contributed by atoms with E-state index in [1.165, 1.54) is 12.1 Å². The minimum Gasteiger partial charge on any atom is -0.356 e. The summed E-state index contributed by atoms with van der Waals surface area (Å²) in [5.74, 6) is 0.713. The highest BCUT2D eigenvalue weighted by Crippen LogP contribution is 2.21. The van der Waals surface area contributed by atoms with Crippen LogP contribution in [0.2, 0.25) is 0 Å². The van der Waals surface area contributed by atoms with Crippen molar-refractivity contribution in [3.05, 3.63) is 65.5 Å². The van der Waals surface area contributed by atoms with E-state index >= 15 is 0 Å². The molecule has 156 valence electrons. The van der Waals surface area contributed by atoms with Crippen LogP contribution in [0.1, 0.15) is 30.4 Å². The molecule has 1 fully saturated rings. The van der Waals surface area contributed by atoms with Crippen LogP contribution >= 0.6 is 24.0 Å². The molecule has 1 aliphatic heterocycles. The number of amides is 1. The van der Waals surface area contributed by atoms with Gasteiger partial charge in [-0.2, -0.15) is 0 Å². The Morgan fingerprint density at radius 3 is 2.38 bits per heavy atom. The number of halogens is 2. The second kappa shape index (κ2) is 11.7. The van der Waals surface area contributed by atoms with Gasteiger partial charge in [0.05, 0.1) is 0 Å². The molecule has 1 saturated heterocycles. The zero-order chi connectivity index (χ0) is 19.8. The van der Waals surface area contributed by atoms with Crippen molar-refractivity contribution in [2.75, 3.05) is 25.0 Å². The number of rotatable bonds is 6. The maximum absolute atomic E-state index is 12.9. The first-order valence-electron chi connectivity index (χ1n) is 9.74. The Hall–Kier alpha value is -2.16. The van der Waals surface area contributed by atoms with Crippen LogP contribution in [-0.4, -0.2) is 32.0 Å². The fraction of sp³-hybridized carbons (Fsp3) is 0.364. The van der Waals surface area contributed by atoms with Crippen LogP contribution < -0.4 is 15.5 Å². The number of aliphatic imine (C=N–C) groups is 1. The van der Waals surface area contributed by atoms with Crippen LogP contribution in [0.3, 0.4) is 0 Å². The third-order valence-corrected chi connectivity index (χ3v) is 4.87. The smallest absolute Gasteiger partial charge is 0.226 e. The van der Waals surface area contributed by atoms with E-state index in [1.807, 2.05) is 29.2 Å². The lowest BCUT2D eigenvalue weighted by atomic mass is 10.1. The van der Waals surface area contributed by atoms with Crippen molar-refractivity contribution in [1.29, 1.82) is 0 Å². The van der Waals surface area contributed by atoms with Gasteiger partial charge in [-0.3, -0.25) is 9.79 Å². The van der Waals surface area contributed by atoms with Gasteiger partial charge in [0.2, 0.25) is 5.91 Å². The average Bonchev–Trinajstić information content (AvgIpc) is 2.73. The van der Waals surface area contributed by atoms with E-state index in [1.54, 1.807) is 19.2 Å². The topological polar surface area (TPSA) is 56.7 Å². The summed E-state index contributed by atoms with van der Waals surface area (Å²) in [5.41, 5.74) is 3.16. The van der Waals surface area contributed by atoms with E-state index in [0.717, 1.165) is 48.6 Å². The molecule has 7 heteroatoms. The molecule has 0 spiro atoms. The molecule has 0 atom stereocenters. The minimum atomic E-state index is -0.218. The van der Waals surface area contributed by atoms with Crippen LogP contribution in [0.5, 0.6) is 0 Å². The molecular formula is C22H28FIN4O. The number of carbonyl (C=O) groups excluding carboxylic acids is 1. The maximum Gasteiger partial charge on any atom is 0.226 e. The van der Waals surface area contributed by atoms with E-state index in [0.29, 0.717) is 19.5 Å². The van der Waals surface area contributed by atoms with Gasteiger partial charge >= 0.3 is 0 Å². The monoisotopic (exact) mass is 510 g/mol. The highest BCUT2D eigenvalue weighted by atomic mass is 127. The van der Waals surface area contributed by atoms with E-state index in [2.05, 4.69) is 15.6 Å². The van der Waals surface area contributed by atoms with Crippen LogP contribution in [0.25, 0.3) is 0 Å². The molecule has 2 aromatic carbocycles. The Labute approximate surface area is 188 Å². The molecule has 2 N–H and O–H groups in total. The molecule has 0 aromatic heterocycles. The average molecular weight is 510 g/mol. The second-order valence-corrected chi connectivity index (χ2v) is 6.90. The number of benzene rings is 2. The molecular weight excluding hydrogens is 482 g/mol. The normalized spacial score (nSPS) is 14.3. The second-order valence-electron chi connectivity index (χ2n) is 6.90. The Balaban J connectivity index is 0.00000300. The standard InChI is InChI=1S/C22H27FN4O.HI/c1-24-22(25-14-13-17-5-9-19(23)10-6-17)26-16-18-7-11-20(12-8-18)27-15-3-2-4-21(27)28;/h5-12H,2-4,13-16H2,1H3,(H2,24,25,26);1H. The van der Waals surface area contributed by atoms with Crippen molar-refractivity contribution < 1.29 is 9.18 Å². The first-order chi connectivity index (χ1) is 13.7. The summed E-state index contributed by atoms with van der Waals surface area (Å²) in [7, 11) is 1.73.